The molecule has 2 aliphatic heterocycles. The van der Waals surface area contributed by atoms with Crippen molar-refractivity contribution in [2.24, 2.45) is 5.10 Å². The standard InChI is InChI=1S/C29H33N7O6S/c37-35(38)25-10-11-26(29(20-25)43(41,42)34-13-5-2-6-14-34)31-30-21-24-9-12-27(28(19-24)36(39)40)33-17-15-32(16-18-33)22-23-7-3-1-4-8-23/h1,3-4,7-12,19-21,31H,2,5-6,13-18,22H2/b30-21+. The number of nitro benzene ring substituents is 2. The monoisotopic (exact) mass is 607 g/mol. The zero-order chi connectivity index (χ0) is 30.4. The molecule has 2 aliphatic rings. The lowest BCUT2D eigenvalue weighted by atomic mass is 10.1. The van der Waals surface area contributed by atoms with Crippen LogP contribution in [0.15, 0.2) is 76.7 Å². The SMILES string of the molecule is O=[N+]([O-])c1ccc(N/N=C/c2ccc(N3CCN(Cc4ccccc4)CC3)c([N+](=O)[O-])c2)c(S(=O)(=O)N2CCCCC2)c1. The summed E-state index contributed by atoms with van der Waals surface area (Å²) in [4.78, 5) is 26.4. The number of rotatable bonds is 10. The summed E-state index contributed by atoms with van der Waals surface area (Å²) < 4.78 is 28.1. The quantitative estimate of drug-likeness (QED) is 0.200. The molecule has 43 heavy (non-hydrogen) atoms. The van der Waals surface area contributed by atoms with E-state index in [0.29, 0.717) is 50.3 Å². The van der Waals surface area contributed by atoms with Crippen LogP contribution in [0.3, 0.4) is 0 Å². The number of anilines is 2. The average Bonchev–Trinajstić information content (AvgIpc) is 3.02. The highest BCUT2D eigenvalue weighted by atomic mass is 32.2. The molecule has 14 heteroatoms. The molecule has 0 saturated carbocycles. The average molecular weight is 608 g/mol. The maximum absolute atomic E-state index is 13.4. The van der Waals surface area contributed by atoms with E-state index < -0.39 is 19.9 Å². The molecule has 0 atom stereocenters. The van der Waals surface area contributed by atoms with Gasteiger partial charge in [0, 0.05) is 69.6 Å². The molecule has 0 radical (unpaired) electrons. The Hall–Kier alpha value is -4.40. The Bertz CT molecular complexity index is 1600. The second kappa shape index (κ2) is 13.3. The van der Waals surface area contributed by atoms with Gasteiger partial charge in [-0.1, -0.05) is 42.8 Å². The molecule has 2 fully saturated rings. The molecular formula is C29H33N7O6S. The van der Waals surface area contributed by atoms with Crippen molar-refractivity contribution in [1.29, 1.82) is 0 Å². The van der Waals surface area contributed by atoms with Crippen LogP contribution < -0.4 is 10.3 Å². The van der Waals surface area contributed by atoms with Crippen LogP contribution >= 0.6 is 0 Å². The van der Waals surface area contributed by atoms with Crippen LogP contribution in [0.5, 0.6) is 0 Å². The third-order valence-electron chi connectivity index (χ3n) is 7.67. The Kier molecular flexibility index (Phi) is 9.28. The van der Waals surface area contributed by atoms with E-state index in [-0.39, 0.29) is 22.0 Å². The Labute approximate surface area is 249 Å². The zero-order valence-electron chi connectivity index (χ0n) is 23.5. The number of non-ortho nitro benzene ring substituents is 1. The number of piperazine rings is 1. The van der Waals surface area contributed by atoms with Crippen molar-refractivity contribution < 1.29 is 18.3 Å². The van der Waals surface area contributed by atoms with Gasteiger partial charge in [0.1, 0.15) is 10.6 Å². The van der Waals surface area contributed by atoms with Crippen LogP contribution in [0.1, 0.15) is 30.4 Å². The van der Waals surface area contributed by atoms with Crippen molar-refractivity contribution in [2.75, 3.05) is 49.6 Å². The summed E-state index contributed by atoms with van der Waals surface area (Å²) in [6.07, 6.45) is 3.71. The van der Waals surface area contributed by atoms with E-state index >= 15 is 0 Å². The van der Waals surface area contributed by atoms with Crippen LogP contribution in [0.4, 0.5) is 22.7 Å². The molecule has 5 rings (SSSR count). The fourth-order valence-electron chi connectivity index (χ4n) is 5.37. The van der Waals surface area contributed by atoms with Gasteiger partial charge in [-0.15, -0.1) is 0 Å². The first-order valence-corrected chi connectivity index (χ1v) is 15.5. The summed E-state index contributed by atoms with van der Waals surface area (Å²) in [7, 11) is -4.01. The second-order valence-electron chi connectivity index (χ2n) is 10.5. The summed E-state index contributed by atoms with van der Waals surface area (Å²) in [5.41, 5.74) is 4.55. The maximum Gasteiger partial charge on any atom is 0.293 e. The number of nitro groups is 2. The van der Waals surface area contributed by atoms with E-state index in [0.717, 1.165) is 32.1 Å². The van der Waals surface area contributed by atoms with E-state index in [1.54, 1.807) is 12.1 Å². The molecule has 3 aromatic carbocycles. The lowest BCUT2D eigenvalue weighted by Gasteiger charge is -2.35. The number of piperidine rings is 1. The molecule has 226 valence electrons. The molecule has 0 spiro atoms. The van der Waals surface area contributed by atoms with Gasteiger partial charge in [-0.3, -0.25) is 30.6 Å². The predicted octanol–water partition coefficient (Wildman–Crippen LogP) is 4.45. The molecule has 0 amide bonds. The summed E-state index contributed by atoms with van der Waals surface area (Å²) >= 11 is 0. The molecule has 0 aliphatic carbocycles. The highest BCUT2D eigenvalue weighted by Crippen LogP contribution is 2.32. The predicted molar refractivity (Wildman–Crippen MR) is 164 cm³/mol. The van der Waals surface area contributed by atoms with Gasteiger partial charge in [0.05, 0.1) is 21.7 Å². The number of hydrogen-bond acceptors (Lipinski definition) is 10. The van der Waals surface area contributed by atoms with Gasteiger partial charge < -0.3 is 4.90 Å². The maximum atomic E-state index is 13.4. The lowest BCUT2D eigenvalue weighted by Crippen LogP contribution is -2.46. The van der Waals surface area contributed by atoms with Crippen molar-refractivity contribution in [3.8, 4) is 0 Å². The third-order valence-corrected chi connectivity index (χ3v) is 9.60. The number of benzene rings is 3. The van der Waals surface area contributed by atoms with E-state index in [9.17, 15) is 28.6 Å². The van der Waals surface area contributed by atoms with Crippen LogP contribution in [0.2, 0.25) is 0 Å². The van der Waals surface area contributed by atoms with Crippen molar-refractivity contribution in [3.05, 3.63) is 98.1 Å². The summed E-state index contributed by atoms with van der Waals surface area (Å²) in [5.74, 6) is 0. The smallest absolute Gasteiger partial charge is 0.293 e. The van der Waals surface area contributed by atoms with E-state index in [2.05, 4.69) is 27.6 Å². The Morgan fingerprint density at radius 3 is 2.23 bits per heavy atom. The van der Waals surface area contributed by atoms with E-state index in [1.165, 1.54) is 34.3 Å². The van der Waals surface area contributed by atoms with E-state index in [1.807, 2.05) is 23.1 Å². The Morgan fingerprint density at radius 1 is 0.837 bits per heavy atom. The molecule has 0 bridgehead atoms. The van der Waals surface area contributed by atoms with Crippen molar-refractivity contribution in [3.63, 3.8) is 0 Å². The first-order chi connectivity index (χ1) is 20.7. The molecule has 13 nitrogen and oxygen atoms in total. The van der Waals surface area contributed by atoms with Crippen LogP contribution in [0, 0.1) is 20.2 Å². The van der Waals surface area contributed by atoms with Gasteiger partial charge >= 0.3 is 0 Å². The number of nitrogens with one attached hydrogen (secondary N) is 1. The highest BCUT2D eigenvalue weighted by molar-refractivity contribution is 7.89. The Balaban J connectivity index is 1.30. The molecule has 0 aromatic heterocycles. The molecule has 1 N–H and O–H groups in total. The van der Waals surface area contributed by atoms with Gasteiger partial charge in [0.15, 0.2) is 0 Å². The topological polar surface area (TPSA) is 155 Å². The zero-order valence-corrected chi connectivity index (χ0v) is 24.4. The lowest BCUT2D eigenvalue weighted by molar-refractivity contribution is -0.385. The van der Waals surface area contributed by atoms with Gasteiger partial charge in [-0.2, -0.15) is 9.41 Å². The van der Waals surface area contributed by atoms with Crippen molar-refractivity contribution in [2.45, 2.75) is 30.7 Å². The molecular weight excluding hydrogens is 574 g/mol. The fraction of sp³-hybridized carbons (Fsp3) is 0.345. The number of hydrogen-bond donors (Lipinski definition) is 1. The summed E-state index contributed by atoms with van der Waals surface area (Å²) in [6.45, 7) is 4.36. The van der Waals surface area contributed by atoms with Gasteiger partial charge in [-0.25, -0.2) is 8.42 Å². The first kappa shape index (κ1) is 30.1. The highest BCUT2D eigenvalue weighted by Gasteiger charge is 2.30. The van der Waals surface area contributed by atoms with Crippen molar-refractivity contribution in [1.82, 2.24) is 9.21 Å². The molecule has 2 heterocycles. The minimum Gasteiger partial charge on any atom is -0.363 e. The number of hydrazone groups is 1. The largest absolute Gasteiger partial charge is 0.363 e. The third kappa shape index (κ3) is 7.16. The van der Waals surface area contributed by atoms with Gasteiger partial charge in [-0.05, 0) is 30.5 Å². The summed E-state index contributed by atoms with van der Waals surface area (Å²) in [5, 5.41) is 27.5. The summed E-state index contributed by atoms with van der Waals surface area (Å²) in [6, 6.07) is 18.6. The minimum absolute atomic E-state index is 0.0517. The minimum atomic E-state index is -4.01. The number of nitrogens with zero attached hydrogens (tertiary/aromatic N) is 6. The Morgan fingerprint density at radius 2 is 1.56 bits per heavy atom. The molecule has 2 saturated heterocycles. The van der Waals surface area contributed by atoms with Crippen molar-refractivity contribution >= 4 is 39.0 Å². The first-order valence-electron chi connectivity index (χ1n) is 14.1. The molecule has 0 unspecified atom stereocenters. The van der Waals surface area contributed by atoms with Gasteiger partial charge in [0.2, 0.25) is 10.0 Å². The number of sulfonamides is 1. The normalized spacial score (nSPS) is 16.8. The fourth-order valence-corrected chi connectivity index (χ4v) is 7.05. The second-order valence-corrected chi connectivity index (χ2v) is 12.4. The van der Waals surface area contributed by atoms with Crippen LogP contribution in [-0.2, 0) is 16.6 Å². The van der Waals surface area contributed by atoms with Crippen LogP contribution in [0.25, 0.3) is 0 Å². The van der Waals surface area contributed by atoms with Gasteiger partial charge in [0.25, 0.3) is 11.4 Å². The van der Waals surface area contributed by atoms with Crippen LogP contribution in [-0.4, -0.2) is 73.0 Å². The molecule has 3 aromatic rings. The van der Waals surface area contributed by atoms with E-state index in [4.69, 9.17) is 0 Å².